The predicted octanol–water partition coefficient (Wildman–Crippen LogP) is 4.17. The van der Waals surface area contributed by atoms with E-state index in [-0.39, 0.29) is 24.6 Å². The summed E-state index contributed by atoms with van der Waals surface area (Å²) < 4.78 is 52.1. The summed E-state index contributed by atoms with van der Waals surface area (Å²) in [4.78, 5) is 19.8. The summed E-state index contributed by atoms with van der Waals surface area (Å²) in [5, 5.41) is 12.3. The minimum Gasteiger partial charge on any atom is -0.497 e. The number of fused-ring (bicyclic) bond motifs is 1. The molecule has 208 valence electrons. The summed E-state index contributed by atoms with van der Waals surface area (Å²) in [6, 6.07) is 7.25. The number of methoxy groups -OCH3 is 1. The molecule has 1 aromatic carbocycles. The van der Waals surface area contributed by atoms with Gasteiger partial charge in [0.1, 0.15) is 5.75 Å². The van der Waals surface area contributed by atoms with Crippen LogP contribution in [0.25, 0.3) is 11.1 Å². The van der Waals surface area contributed by atoms with Crippen LogP contribution in [0.3, 0.4) is 0 Å². The standard InChI is InChI=1S/C28H28F3N7O2/c1-35-16-24(25(34-35)28(29,30)31)22-11-17(14-37-9-10-38(27(37)32)19-3-4-19)12-23-21(22)6-8-36(26(23)39)15-18-13-20(40-2)5-7-33-18/h5,7,9-13,16,19,32H,3-4,6,8,14-15H2,1-2H3. The van der Waals surface area contributed by atoms with Crippen molar-refractivity contribution >= 4 is 5.91 Å². The van der Waals surface area contributed by atoms with Crippen molar-refractivity contribution in [1.29, 1.82) is 5.41 Å². The quantitative estimate of drug-likeness (QED) is 0.373. The van der Waals surface area contributed by atoms with Crippen LogP contribution in [0.1, 0.15) is 51.8 Å². The lowest BCUT2D eigenvalue weighted by Gasteiger charge is -2.30. The number of aromatic nitrogens is 5. The number of pyridine rings is 1. The highest BCUT2D eigenvalue weighted by molar-refractivity contribution is 5.99. The molecule has 3 aromatic heterocycles. The molecule has 2 aliphatic rings. The number of aryl methyl sites for hydroxylation is 1. The Labute approximate surface area is 227 Å². The normalized spacial score (nSPS) is 15.4. The van der Waals surface area contributed by atoms with Gasteiger partial charge in [-0.3, -0.25) is 19.9 Å². The molecule has 1 aliphatic carbocycles. The van der Waals surface area contributed by atoms with Crippen molar-refractivity contribution in [3.63, 3.8) is 0 Å². The summed E-state index contributed by atoms with van der Waals surface area (Å²) >= 11 is 0. The van der Waals surface area contributed by atoms with E-state index in [2.05, 4.69) is 10.1 Å². The number of amides is 1. The number of hydrogen-bond acceptors (Lipinski definition) is 5. The smallest absolute Gasteiger partial charge is 0.435 e. The summed E-state index contributed by atoms with van der Waals surface area (Å²) in [7, 11) is 3.00. The van der Waals surface area contributed by atoms with Gasteiger partial charge in [-0.15, -0.1) is 0 Å². The Hall–Kier alpha value is -4.35. The number of imidazole rings is 1. The van der Waals surface area contributed by atoms with Gasteiger partial charge in [0, 0.05) is 61.6 Å². The molecule has 1 saturated carbocycles. The molecule has 4 heterocycles. The minimum absolute atomic E-state index is 0.0598. The summed E-state index contributed by atoms with van der Waals surface area (Å²) in [5.74, 6) is 0.343. The Kier molecular flexibility index (Phi) is 6.27. The highest BCUT2D eigenvalue weighted by Gasteiger charge is 2.39. The van der Waals surface area contributed by atoms with Gasteiger partial charge >= 0.3 is 6.18 Å². The third-order valence-corrected chi connectivity index (χ3v) is 7.44. The van der Waals surface area contributed by atoms with E-state index in [9.17, 15) is 18.0 Å². The van der Waals surface area contributed by atoms with Gasteiger partial charge in [-0.2, -0.15) is 18.3 Å². The van der Waals surface area contributed by atoms with Crippen LogP contribution < -0.4 is 10.4 Å². The Bertz CT molecular complexity index is 1660. The van der Waals surface area contributed by atoms with Crippen molar-refractivity contribution in [1.82, 2.24) is 28.8 Å². The molecule has 0 atom stereocenters. The molecule has 12 heteroatoms. The average Bonchev–Trinajstić information content (AvgIpc) is 3.59. The van der Waals surface area contributed by atoms with Crippen LogP contribution in [-0.4, -0.2) is 48.4 Å². The van der Waals surface area contributed by atoms with Crippen LogP contribution in [0.15, 0.2) is 49.1 Å². The lowest BCUT2D eigenvalue weighted by atomic mass is 9.88. The highest BCUT2D eigenvalue weighted by Crippen LogP contribution is 2.40. The number of halogens is 3. The van der Waals surface area contributed by atoms with Gasteiger partial charge in [0.2, 0.25) is 5.62 Å². The zero-order chi connectivity index (χ0) is 28.2. The molecule has 6 rings (SSSR count). The molecular formula is C28H28F3N7O2. The molecule has 0 unspecified atom stereocenters. The van der Waals surface area contributed by atoms with Gasteiger partial charge in [-0.05, 0) is 54.2 Å². The molecule has 1 aliphatic heterocycles. The molecule has 1 fully saturated rings. The van der Waals surface area contributed by atoms with Crippen LogP contribution in [-0.2, 0) is 32.7 Å². The molecule has 40 heavy (non-hydrogen) atoms. The van der Waals surface area contributed by atoms with E-state index in [1.807, 2.05) is 10.8 Å². The van der Waals surface area contributed by atoms with Crippen LogP contribution in [0.2, 0.25) is 0 Å². The third kappa shape index (κ3) is 4.78. The Morgan fingerprint density at radius 2 is 1.88 bits per heavy atom. The predicted molar refractivity (Wildman–Crippen MR) is 139 cm³/mol. The number of carbonyl (C=O) groups excluding carboxylic acids is 1. The molecule has 4 aromatic rings. The minimum atomic E-state index is -4.66. The molecule has 0 radical (unpaired) electrons. The molecule has 1 amide bonds. The summed E-state index contributed by atoms with van der Waals surface area (Å²) in [6.45, 7) is 0.811. The maximum Gasteiger partial charge on any atom is 0.435 e. The Morgan fingerprint density at radius 1 is 1.10 bits per heavy atom. The number of ether oxygens (including phenoxy) is 1. The van der Waals surface area contributed by atoms with Gasteiger partial charge in [-0.25, -0.2) is 0 Å². The fourth-order valence-corrected chi connectivity index (χ4v) is 5.37. The topological polar surface area (TPSA) is 94.0 Å². The number of carbonyl (C=O) groups is 1. The van der Waals surface area contributed by atoms with Crippen LogP contribution in [0.5, 0.6) is 5.75 Å². The SMILES string of the molecule is COc1ccnc(CN2CCc3c(cc(Cn4ccn(C5CC5)c4=N)cc3-c3cn(C)nc3C(F)(F)F)C2=O)c1. The Morgan fingerprint density at radius 3 is 2.60 bits per heavy atom. The number of nitrogens with one attached hydrogen (secondary N) is 1. The van der Waals surface area contributed by atoms with Crippen LogP contribution in [0.4, 0.5) is 13.2 Å². The van der Waals surface area contributed by atoms with E-state index in [4.69, 9.17) is 10.1 Å². The van der Waals surface area contributed by atoms with Gasteiger partial charge in [-0.1, -0.05) is 0 Å². The first-order valence-electron chi connectivity index (χ1n) is 13.0. The molecule has 0 bridgehead atoms. The van der Waals surface area contributed by atoms with Gasteiger partial charge < -0.3 is 18.8 Å². The van der Waals surface area contributed by atoms with Crippen molar-refractivity contribution in [2.45, 2.75) is 44.6 Å². The number of benzene rings is 1. The van der Waals surface area contributed by atoms with E-state index < -0.39 is 11.9 Å². The number of hydrogen-bond donors (Lipinski definition) is 1. The zero-order valence-electron chi connectivity index (χ0n) is 22.1. The monoisotopic (exact) mass is 551 g/mol. The molecule has 1 N–H and O–H groups in total. The first kappa shape index (κ1) is 25.9. The second kappa shape index (κ2) is 9.68. The van der Waals surface area contributed by atoms with Gasteiger partial charge in [0.15, 0.2) is 5.69 Å². The Balaban J connectivity index is 1.43. The second-order valence-corrected chi connectivity index (χ2v) is 10.3. The van der Waals surface area contributed by atoms with Crippen LogP contribution in [0, 0.1) is 5.41 Å². The number of nitrogens with zero attached hydrogens (tertiary/aromatic N) is 6. The van der Waals surface area contributed by atoms with Crippen molar-refractivity contribution in [2.24, 2.45) is 7.05 Å². The third-order valence-electron chi connectivity index (χ3n) is 7.44. The number of rotatable bonds is 7. The first-order chi connectivity index (χ1) is 19.1. The fourth-order valence-electron chi connectivity index (χ4n) is 5.37. The van der Waals surface area contributed by atoms with Gasteiger partial charge in [0.05, 0.1) is 25.9 Å². The van der Waals surface area contributed by atoms with E-state index in [1.54, 1.807) is 53.2 Å². The molecule has 0 spiro atoms. The van der Waals surface area contributed by atoms with Crippen molar-refractivity contribution in [2.75, 3.05) is 13.7 Å². The summed E-state index contributed by atoms with van der Waals surface area (Å²) in [6.07, 6.45) is 4.38. The van der Waals surface area contributed by atoms with E-state index in [1.165, 1.54) is 13.2 Å². The van der Waals surface area contributed by atoms with Crippen molar-refractivity contribution in [3.8, 4) is 16.9 Å². The van der Waals surface area contributed by atoms with E-state index in [0.717, 1.165) is 17.5 Å². The maximum atomic E-state index is 14.0. The lowest BCUT2D eigenvalue weighted by Crippen LogP contribution is -2.37. The van der Waals surface area contributed by atoms with Crippen LogP contribution >= 0.6 is 0 Å². The van der Waals surface area contributed by atoms with E-state index in [0.29, 0.717) is 58.3 Å². The number of alkyl halides is 3. The highest BCUT2D eigenvalue weighted by atomic mass is 19.4. The molecular weight excluding hydrogens is 523 g/mol. The largest absolute Gasteiger partial charge is 0.497 e. The lowest BCUT2D eigenvalue weighted by molar-refractivity contribution is -0.140. The van der Waals surface area contributed by atoms with Crippen molar-refractivity contribution < 1.29 is 22.7 Å². The zero-order valence-corrected chi connectivity index (χ0v) is 22.1. The van der Waals surface area contributed by atoms with Gasteiger partial charge in [0.25, 0.3) is 5.91 Å². The fraction of sp³-hybridized carbons (Fsp3) is 0.357. The molecule has 0 saturated heterocycles. The first-order valence-corrected chi connectivity index (χ1v) is 13.0. The van der Waals surface area contributed by atoms with Crippen molar-refractivity contribution in [3.05, 3.63) is 82.7 Å². The maximum absolute atomic E-state index is 14.0. The molecule has 9 nitrogen and oxygen atoms in total. The van der Waals surface area contributed by atoms with E-state index >= 15 is 0 Å². The summed E-state index contributed by atoms with van der Waals surface area (Å²) in [5.41, 5.74) is 1.81. The average molecular weight is 552 g/mol. The second-order valence-electron chi connectivity index (χ2n) is 10.3.